The Hall–Kier alpha value is -4.16. The van der Waals surface area contributed by atoms with Crippen LogP contribution in [0.1, 0.15) is 76.8 Å². The first-order valence-corrected chi connectivity index (χ1v) is 16.1. The van der Waals surface area contributed by atoms with Crippen LogP contribution in [0.2, 0.25) is 0 Å². The van der Waals surface area contributed by atoms with Crippen LogP contribution in [0.3, 0.4) is 0 Å². The first kappa shape index (κ1) is 33.2. The maximum atomic E-state index is 14.4. The molecule has 3 fully saturated rings. The molecule has 0 radical (unpaired) electrons. The number of nitrogens with zero attached hydrogens (tertiary/aromatic N) is 3. The van der Waals surface area contributed by atoms with Gasteiger partial charge >= 0.3 is 18.2 Å². The first-order valence-electron chi connectivity index (χ1n) is 16.1. The van der Waals surface area contributed by atoms with Crippen molar-refractivity contribution in [2.24, 2.45) is 17.3 Å². The SMILES string of the molecule is C=C[C@@H]1C[C@]1(NC(=O)[C@@H]1CC(OC(=O)N2Cc3ccncc3C2)CN1C(=O)[C@@H](NC(=O)OCC(C)(C)C)C1CCCCC1)C(=O)O. The Morgan fingerprint density at radius 2 is 1.87 bits per heavy atom. The minimum atomic E-state index is -1.50. The second-order valence-electron chi connectivity index (χ2n) is 14.2. The number of aromatic nitrogens is 1. The molecule has 0 aromatic carbocycles. The topological polar surface area (TPSA) is 167 Å². The Kier molecular flexibility index (Phi) is 9.59. The molecule has 5 atom stereocenters. The van der Waals surface area contributed by atoms with Crippen LogP contribution >= 0.6 is 0 Å². The van der Waals surface area contributed by atoms with E-state index in [1.54, 1.807) is 12.4 Å². The molecule has 13 heteroatoms. The van der Waals surface area contributed by atoms with E-state index in [2.05, 4.69) is 22.2 Å². The van der Waals surface area contributed by atoms with Gasteiger partial charge in [-0.3, -0.25) is 19.5 Å². The molecule has 1 saturated heterocycles. The number of carboxylic acids is 1. The molecule has 3 heterocycles. The van der Waals surface area contributed by atoms with Gasteiger partial charge in [-0.1, -0.05) is 46.1 Å². The van der Waals surface area contributed by atoms with E-state index in [9.17, 15) is 29.1 Å². The fourth-order valence-corrected chi connectivity index (χ4v) is 6.74. The lowest BCUT2D eigenvalue weighted by Gasteiger charge is -2.34. The summed E-state index contributed by atoms with van der Waals surface area (Å²) >= 11 is 0. The minimum absolute atomic E-state index is 0.0219. The van der Waals surface area contributed by atoms with Crippen molar-refractivity contribution in [1.82, 2.24) is 25.4 Å². The standard InChI is InChI=1S/C33H45N5O8/c1-5-23-14-33(23,29(41)42)36-27(39)25-13-24(46-31(44)37-16-21-11-12-34-15-22(21)17-37)18-38(25)28(40)26(20-9-7-6-8-10-20)35-30(43)45-19-32(2,3)4/h5,11-12,15,20,23-26H,1,6-10,13-14,16-19H2,2-4H3,(H,35,43)(H,36,39)(H,41,42)/t23-,24?,25+,26+,33-/m1/s1. The number of hydrogen-bond acceptors (Lipinski definition) is 8. The Labute approximate surface area is 269 Å². The number of fused-ring (bicyclic) bond motifs is 1. The molecule has 0 bridgehead atoms. The number of nitrogens with one attached hydrogen (secondary N) is 2. The van der Waals surface area contributed by atoms with E-state index in [1.807, 2.05) is 26.8 Å². The minimum Gasteiger partial charge on any atom is -0.479 e. The van der Waals surface area contributed by atoms with Crippen molar-refractivity contribution in [3.8, 4) is 0 Å². The molecule has 2 aliphatic carbocycles. The zero-order chi connectivity index (χ0) is 33.2. The smallest absolute Gasteiger partial charge is 0.410 e. The average Bonchev–Trinajstić information content (AvgIpc) is 3.33. The number of ether oxygens (including phenoxy) is 2. The number of carboxylic acid groups (broad SMARTS) is 1. The lowest BCUT2D eigenvalue weighted by atomic mass is 9.83. The Morgan fingerprint density at radius 3 is 2.50 bits per heavy atom. The average molecular weight is 640 g/mol. The summed E-state index contributed by atoms with van der Waals surface area (Å²) < 4.78 is 11.3. The van der Waals surface area contributed by atoms with Gasteiger partial charge in [-0.05, 0) is 47.8 Å². The third kappa shape index (κ3) is 7.28. The van der Waals surface area contributed by atoms with Gasteiger partial charge < -0.3 is 30.1 Å². The van der Waals surface area contributed by atoms with Crippen LogP contribution in [0, 0.1) is 17.3 Å². The lowest BCUT2D eigenvalue weighted by Crippen LogP contribution is -2.58. The number of pyridine rings is 1. The van der Waals surface area contributed by atoms with Crippen LogP contribution in [-0.4, -0.2) is 86.7 Å². The molecule has 2 saturated carbocycles. The fourth-order valence-electron chi connectivity index (χ4n) is 6.74. The molecule has 3 N–H and O–H groups in total. The van der Waals surface area contributed by atoms with Gasteiger partial charge in [0, 0.05) is 31.3 Å². The van der Waals surface area contributed by atoms with Gasteiger partial charge in [0.15, 0.2) is 0 Å². The number of carbonyl (C=O) groups excluding carboxylic acids is 4. The van der Waals surface area contributed by atoms with Crippen LogP contribution in [0.15, 0.2) is 31.1 Å². The molecule has 1 aromatic rings. The molecule has 4 amide bonds. The van der Waals surface area contributed by atoms with Gasteiger partial charge in [0.25, 0.3) is 0 Å². The molecule has 4 aliphatic rings. The van der Waals surface area contributed by atoms with Crippen LogP contribution < -0.4 is 10.6 Å². The second kappa shape index (κ2) is 13.3. The zero-order valence-corrected chi connectivity index (χ0v) is 26.8. The van der Waals surface area contributed by atoms with Gasteiger partial charge in [0.05, 0.1) is 19.7 Å². The molecule has 46 heavy (non-hydrogen) atoms. The second-order valence-corrected chi connectivity index (χ2v) is 14.2. The number of aliphatic carboxylic acids is 1. The summed E-state index contributed by atoms with van der Waals surface area (Å²) in [4.78, 5) is 73.4. The summed E-state index contributed by atoms with van der Waals surface area (Å²) in [5, 5.41) is 15.4. The van der Waals surface area contributed by atoms with E-state index in [4.69, 9.17) is 9.47 Å². The highest BCUT2D eigenvalue weighted by Gasteiger charge is 2.61. The van der Waals surface area contributed by atoms with Crippen molar-refractivity contribution in [2.45, 2.75) is 103 Å². The van der Waals surface area contributed by atoms with Crippen LogP contribution in [0.5, 0.6) is 0 Å². The third-order valence-corrected chi connectivity index (χ3v) is 9.43. The van der Waals surface area contributed by atoms with E-state index in [-0.39, 0.29) is 37.3 Å². The van der Waals surface area contributed by atoms with E-state index in [0.717, 1.165) is 30.4 Å². The summed E-state index contributed by atoms with van der Waals surface area (Å²) in [6.45, 7) is 10.2. The number of amides is 4. The Morgan fingerprint density at radius 1 is 1.15 bits per heavy atom. The summed E-state index contributed by atoms with van der Waals surface area (Å²) in [5.41, 5.74) is 0.0958. The normalized spacial score (nSPS) is 26.5. The van der Waals surface area contributed by atoms with Crippen molar-refractivity contribution in [3.05, 3.63) is 42.2 Å². The lowest BCUT2D eigenvalue weighted by molar-refractivity contribution is -0.146. The molecule has 1 unspecified atom stereocenters. The Bertz CT molecular complexity index is 1350. The monoisotopic (exact) mass is 639 g/mol. The highest BCUT2D eigenvalue weighted by Crippen LogP contribution is 2.45. The summed E-state index contributed by atoms with van der Waals surface area (Å²) in [7, 11) is 0. The predicted molar refractivity (Wildman–Crippen MR) is 165 cm³/mol. The highest BCUT2D eigenvalue weighted by atomic mass is 16.6. The summed E-state index contributed by atoms with van der Waals surface area (Å²) in [5.74, 6) is -2.96. The predicted octanol–water partition coefficient (Wildman–Crippen LogP) is 3.37. The molecular formula is C33H45N5O8. The summed E-state index contributed by atoms with van der Waals surface area (Å²) in [6.07, 6.45) is 7.14. The quantitative estimate of drug-likeness (QED) is 0.343. The van der Waals surface area contributed by atoms with Crippen molar-refractivity contribution in [1.29, 1.82) is 0 Å². The summed E-state index contributed by atoms with van der Waals surface area (Å²) in [6, 6.07) is -0.240. The first-order chi connectivity index (χ1) is 21.8. The number of alkyl carbamates (subject to hydrolysis) is 1. The van der Waals surface area contributed by atoms with Crippen molar-refractivity contribution < 1.29 is 38.6 Å². The van der Waals surface area contributed by atoms with Crippen molar-refractivity contribution in [3.63, 3.8) is 0 Å². The molecule has 13 nitrogen and oxygen atoms in total. The molecular weight excluding hydrogens is 594 g/mol. The molecule has 2 aliphatic heterocycles. The fraction of sp³-hybridized carbons (Fsp3) is 0.636. The molecule has 5 rings (SSSR count). The van der Waals surface area contributed by atoms with Gasteiger partial charge in [0.1, 0.15) is 23.7 Å². The maximum absolute atomic E-state index is 14.4. The van der Waals surface area contributed by atoms with E-state index < -0.39 is 59.6 Å². The largest absolute Gasteiger partial charge is 0.479 e. The molecule has 0 spiro atoms. The number of likely N-dealkylation sites (tertiary alicyclic amines) is 1. The van der Waals surface area contributed by atoms with Crippen molar-refractivity contribution >= 4 is 30.0 Å². The molecule has 1 aromatic heterocycles. The van der Waals surface area contributed by atoms with E-state index >= 15 is 0 Å². The van der Waals surface area contributed by atoms with Crippen molar-refractivity contribution in [2.75, 3.05) is 13.2 Å². The van der Waals surface area contributed by atoms with Gasteiger partial charge in [-0.2, -0.15) is 0 Å². The van der Waals surface area contributed by atoms with E-state index in [1.165, 1.54) is 15.9 Å². The van der Waals surface area contributed by atoms with Crippen LogP contribution in [0.4, 0.5) is 9.59 Å². The number of hydrogen-bond donors (Lipinski definition) is 3. The number of rotatable bonds is 9. The molecule has 250 valence electrons. The van der Waals surface area contributed by atoms with Gasteiger partial charge in [-0.15, -0.1) is 6.58 Å². The maximum Gasteiger partial charge on any atom is 0.410 e. The zero-order valence-electron chi connectivity index (χ0n) is 26.8. The van der Waals surface area contributed by atoms with Gasteiger partial charge in [0.2, 0.25) is 11.8 Å². The highest BCUT2D eigenvalue weighted by molar-refractivity contribution is 5.96. The number of carbonyl (C=O) groups is 5. The van der Waals surface area contributed by atoms with E-state index in [0.29, 0.717) is 25.9 Å². The Balaban J connectivity index is 1.35. The third-order valence-electron chi connectivity index (χ3n) is 9.43. The van der Waals surface area contributed by atoms with Crippen LogP contribution in [0.25, 0.3) is 0 Å². The van der Waals surface area contributed by atoms with Crippen LogP contribution in [-0.2, 0) is 36.9 Å². The van der Waals surface area contributed by atoms with Gasteiger partial charge in [-0.25, -0.2) is 14.4 Å².